The summed E-state index contributed by atoms with van der Waals surface area (Å²) in [5.74, 6) is 2.27. The number of aromatic nitrogens is 3. The number of pyridine rings is 2. The van der Waals surface area contributed by atoms with E-state index in [4.69, 9.17) is 14.4 Å². The monoisotopic (exact) mass is 410 g/mol. The van der Waals surface area contributed by atoms with Gasteiger partial charge in [-0.25, -0.2) is 9.97 Å². The van der Waals surface area contributed by atoms with Crippen LogP contribution in [0.3, 0.4) is 0 Å². The van der Waals surface area contributed by atoms with Crippen molar-refractivity contribution in [1.82, 2.24) is 19.9 Å². The van der Waals surface area contributed by atoms with Crippen LogP contribution in [0.25, 0.3) is 22.2 Å². The Hall–Kier alpha value is -3.54. The van der Waals surface area contributed by atoms with Gasteiger partial charge in [-0.2, -0.15) is 0 Å². The Balaban J connectivity index is 1.36. The van der Waals surface area contributed by atoms with Gasteiger partial charge >= 0.3 is 0 Å². The molecule has 31 heavy (non-hydrogen) atoms. The first kappa shape index (κ1) is 18.2. The van der Waals surface area contributed by atoms with Gasteiger partial charge in [-0.15, -0.1) is 0 Å². The molecule has 154 valence electrons. The Kier molecular flexibility index (Phi) is 4.30. The fourth-order valence-corrected chi connectivity index (χ4v) is 4.41. The highest BCUT2D eigenvalue weighted by molar-refractivity contribution is 6.07. The smallest absolute Gasteiger partial charge is 0.254 e. The van der Waals surface area contributed by atoms with Gasteiger partial charge in [-0.3, -0.25) is 9.78 Å². The van der Waals surface area contributed by atoms with Crippen molar-refractivity contribution in [3.05, 3.63) is 77.8 Å². The average Bonchev–Trinajstić information content (AvgIpc) is 3.19. The molecule has 0 atom stereocenters. The summed E-state index contributed by atoms with van der Waals surface area (Å²) in [7, 11) is 0. The maximum absolute atomic E-state index is 13.6. The summed E-state index contributed by atoms with van der Waals surface area (Å²) in [6, 6.07) is 13.5. The number of benzene rings is 1. The van der Waals surface area contributed by atoms with Crippen molar-refractivity contribution in [1.29, 1.82) is 0 Å². The minimum Gasteiger partial charge on any atom is -0.445 e. The summed E-state index contributed by atoms with van der Waals surface area (Å²) in [6.07, 6.45) is 7.77. The molecule has 0 unspecified atom stereocenters. The highest BCUT2D eigenvalue weighted by Gasteiger charge is 2.31. The molecule has 2 aliphatic rings. The number of carbonyl (C=O) groups excluding carboxylic acids is 1. The Morgan fingerprint density at radius 1 is 1.10 bits per heavy atom. The van der Waals surface area contributed by atoms with E-state index < -0.39 is 0 Å². The van der Waals surface area contributed by atoms with Crippen molar-refractivity contribution in [2.75, 3.05) is 6.54 Å². The van der Waals surface area contributed by atoms with E-state index in [0.717, 1.165) is 52.3 Å². The molecule has 1 fully saturated rings. The molecule has 1 aliphatic carbocycles. The molecule has 0 N–H and O–H groups in total. The normalized spacial score (nSPS) is 16.2. The number of carbonyl (C=O) groups is 1. The minimum absolute atomic E-state index is 0.00239. The molecule has 0 radical (unpaired) electrons. The second kappa shape index (κ2) is 7.30. The highest BCUT2D eigenvalue weighted by atomic mass is 16.4. The zero-order chi connectivity index (χ0) is 20.8. The van der Waals surface area contributed by atoms with Gasteiger partial charge in [-0.05, 0) is 37.1 Å². The number of hydrogen-bond acceptors (Lipinski definition) is 5. The molecule has 6 rings (SSSR count). The van der Waals surface area contributed by atoms with E-state index in [2.05, 4.69) is 4.98 Å². The van der Waals surface area contributed by atoms with E-state index in [1.54, 1.807) is 12.4 Å². The molecule has 0 saturated heterocycles. The molecule has 6 heteroatoms. The van der Waals surface area contributed by atoms with Gasteiger partial charge in [0, 0.05) is 42.2 Å². The Bertz CT molecular complexity index is 1280. The van der Waals surface area contributed by atoms with Crippen LogP contribution < -0.4 is 0 Å². The molecular formula is C25H22N4O2. The van der Waals surface area contributed by atoms with Crippen LogP contribution in [0.4, 0.5) is 0 Å². The SMILES string of the molecule is O=C(c1cc(-c2cccnc2)nc2ccccc12)N1CCc2oc(C3CCC3)nc2C1. The Morgan fingerprint density at radius 2 is 2.00 bits per heavy atom. The van der Waals surface area contributed by atoms with Crippen molar-refractivity contribution >= 4 is 16.8 Å². The van der Waals surface area contributed by atoms with E-state index >= 15 is 0 Å². The predicted octanol–water partition coefficient (Wildman–Crippen LogP) is 4.75. The lowest BCUT2D eigenvalue weighted by molar-refractivity contribution is 0.0729. The Morgan fingerprint density at radius 3 is 2.81 bits per heavy atom. The second-order valence-corrected chi connectivity index (χ2v) is 8.34. The zero-order valence-corrected chi connectivity index (χ0v) is 17.1. The van der Waals surface area contributed by atoms with Crippen molar-refractivity contribution in [3.8, 4) is 11.3 Å². The standard InChI is InChI=1S/C25H22N4O2/c30-25(29-12-10-23-22(15-29)28-24(31-23)16-5-3-6-16)19-13-21(17-7-4-11-26-14-17)27-20-9-2-1-8-18(19)20/h1-2,4,7-9,11,13-14,16H,3,5-6,10,12,15H2. The molecule has 1 aromatic carbocycles. The lowest BCUT2D eigenvalue weighted by Crippen LogP contribution is -2.36. The first-order valence-corrected chi connectivity index (χ1v) is 10.8. The average molecular weight is 410 g/mol. The van der Waals surface area contributed by atoms with E-state index in [0.29, 0.717) is 31.0 Å². The lowest BCUT2D eigenvalue weighted by atomic mass is 9.85. The second-order valence-electron chi connectivity index (χ2n) is 8.34. The van der Waals surface area contributed by atoms with Crippen LogP contribution >= 0.6 is 0 Å². The summed E-state index contributed by atoms with van der Waals surface area (Å²) >= 11 is 0. The van der Waals surface area contributed by atoms with Crippen molar-refractivity contribution < 1.29 is 9.21 Å². The topological polar surface area (TPSA) is 72.1 Å². The van der Waals surface area contributed by atoms with E-state index in [1.807, 2.05) is 47.4 Å². The molecule has 4 aromatic rings. The molecule has 4 heterocycles. The Labute approximate surface area is 180 Å². The van der Waals surface area contributed by atoms with Gasteiger partial charge in [0.1, 0.15) is 11.5 Å². The van der Waals surface area contributed by atoms with Crippen LogP contribution in [0.1, 0.15) is 52.9 Å². The number of nitrogens with zero attached hydrogens (tertiary/aromatic N) is 4. The molecule has 0 spiro atoms. The predicted molar refractivity (Wildman–Crippen MR) is 117 cm³/mol. The third-order valence-corrected chi connectivity index (χ3v) is 6.39. The quantitative estimate of drug-likeness (QED) is 0.487. The number of rotatable bonds is 3. The fourth-order valence-electron chi connectivity index (χ4n) is 4.41. The molecular weight excluding hydrogens is 388 g/mol. The van der Waals surface area contributed by atoms with Gasteiger partial charge in [0.05, 0.1) is 23.3 Å². The number of oxazole rings is 1. The summed E-state index contributed by atoms with van der Waals surface area (Å²) < 4.78 is 6.02. The van der Waals surface area contributed by atoms with Gasteiger partial charge in [0.15, 0.2) is 5.89 Å². The first-order chi connectivity index (χ1) is 15.3. The van der Waals surface area contributed by atoms with Gasteiger partial charge in [0.25, 0.3) is 5.91 Å². The van der Waals surface area contributed by atoms with Crippen molar-refractivity contribution in [3.63, 3.8) is 0 Å². The number of para-hydroxylation sites is 1. The van der Waals surface area contributed by atoms with Crippen LogP contribution in [0, 0.1) is 0 Å². The van der Waals surface area contributed by atoms with Crippen LogP contribution in [0.15, 0.2) is 59.3 Å². The molecule has 1 amide bonds. The molecule has 6 nitrogen and oxygen atoms in total. The van der Waals surface area contributed by atoms with E-state index in [9.17, 15) is 4.79 Å². The largest absolute Gasteiger partial charge is 0.445 e. The summed E-state index contributed by atoms with van der Waals surface area (Å²) in [5.41, 5.74) is 4.02. The van der Waals surface area contributed by atoms with E-state index in [-0.39, 0.29) is 5.91 Å². The van der Waals surface area contributed by atoms with Crippen LogP contribution in [0.5, 0.6) is 0 Å². The van der Waals surface area contributed by atoms with E-state index in [1.165, 1.54) is 6.42 Å². The van der Waals surface area contributed by atoms with Gasteiger partial charge in [0.2, 0.25) is 0 Å². The maximum atomic E-state index is 13.6. The zero-order valence-electron chi connectivity index (χ0n) is 17.1. The summed E-state index contributed by atoms with van der Waals surface area (Å²) in [4.78, 5) is 29.2. The third-order valence-electron chi connectivity index (χ3n) is 6.39. The number of hydrogen-bond donors (Lipinski definition) is 0. The van der Waals surface area contributed by atoms with Gasteiger partial charge in [-0.1, -0.05) is 24.6 Å². The van der Waals surface area contributed by atoms with Crippen molar-refractivity contribution in [2.45, 2.75) is 38.1 Å². The highest BCUT2D eigenvalue weighted by Crippen LogP contribution is 2.37. The molecule has 3 aromatic heterocycles. The van der Waals surface area contributed by atoms with Gasteiger partial charge < -0.3 is 9.32 Å². The molecule has 1 aliphatic heterocycles. The van der Waals surface area contributed by atoms with Crippen LogP contribution in [-0.4, -0.2) is 32.3 Å². The summed E-state index contributed by atoms with van der Waals surface area (Å²) in [5, 5.41) is 0.862. The number of fused-ring (bicyclic) bond motifs is 2. The summed E-state index contributed by atoms with van der Waals surface area (Å²) in [6.45, 7) is 1.12. The van der Waals surface area contributed by atoms with Crippen LogP contribution in [0.2, 0.25) is 0 Å². The first-order valence-electron chi connectivity index (χ1n) is 10.8. The number of amides is 1. The minimum atomic E-state index is 0.00239. The fraction of sp³-hybridized carbons (Fsp3) is 0.280. The maximum Gasteiger partial charge on any atom is 0.254 e. The lowest BCUT2D eigenvalue weighted by Gasteiger charge is -2.26. The van der Waals surface area contributed by atoms with Crippen molar-refractivity contribution in [2.24, 2.45) is 0 Å². The molecule has 1 saturated carbocycles. The molecule has 0 bridgehead atoms. The third kappa shape index (κ3) is 3.19. The van der Waals surface area contributed by atoms with Crippen LogP contribution in [-0.2, 0) is 13.0 Å².